The van der Waals surface area contributed by atoms with E-state index in [1.54, 1.807) is 0 Å². The highest BCUT2D eigenvalue weighted by atomic mass is 16.5. The fourth-order valence-electron chi connectivity index (χ4n) is 2.39. The largest absolute Gasteiger partial charge is 0.493 e. The van der Waals surface area contributed by atoms with Crippen molar-refractivity contribution in [1.29, 1.82) is 0 Å². The number of fused-ring (bicyclic) bond motifs is 1. The maximum absolute atomic E-state index is 5.79. The Kier molecular flexibility index (Phi) is 2.58. The standard InChI is InChI=1S/C13H17NO2/c1-9-14-8-13(16-9)11-4-5-12-10(7-11)3-2-6-15-12/h4-5,7,9,13-14H,2-3,6,8H2,1H3. The Labute approximate surface area is 95.8 Å². The van der Waals surface area contributed by atoms with Crippen LogP contribution in [0.3, 0.4) is 0 Å². The summed E-state index contributed by atoms with van der Waals surface area (Å²) in [6.45, 7) is 3.80. The minimum absolute atomic E-state index is 0.164. The number of hydrogen-bond acceptors (Lipinski definition) is 3. The number of aryl methyl sites for hydroxylation is 1. The van der Waals surface area contributed by atoms with Gasteiger partial charge in [0, 0.05) is 6.54 Å². The highest BCUT2D eigenvalue weighted by Gasteiger charge is 2.23. The van der Waals surface area contributed by atoms with Gasteiger partial charge in [-0.05, 0) is 43.0 Å². The topological polar surface area (TPSA) is 30.5 Å². The maximum Gasteiger partial charge on any atom is 0.122 e. The lowest BCUT2D eigenvalue weighted by Crippen LogP contribution is -2.17. The molecule has 86 valence electrons. The fraction of sp³-hybridized carbons (Fsp3) is 0.538. The molecule has 2 unspecified atom stereocenters. The van der Waals surface area contributed by atoms with Crippen molar-refractivity contribution < 1.29 is 9.47 Å². The summed E-state index contributed by atoms with van der Waals surface area (Å²) in [6, 6.07) is 6.43. The first-order valence-electron chi connectivity index (χ1n) is 5.97. The molecule has 1 aromatic carbocycles. The average Bonchev–Trinajstić information content (AvgIpc) is 2.75. The molecule has 1 aromatic rings. The molecule has 0 radical (unpaired) electrons. The van der Waals surface area contributed by atoms with Crippen molar-refractivity contribution in [2.75, 3.05) is 13.2 Å². The van der Waals surface area contributed by atoms with E-state index in [-0.39, 0.29) is 12.3 Å². The molecule has 2 atom stereocenters. The van der Waals surface area contributed by atoms with E-state index in [9.17, 15) is 0 Å². The van der Waals surface area contributed by atoms with E-state index in [1.807, 2.05) is 6.92 Å². The minimum atomic E-state index is 0.164. The molecule has 1 saturated heterocycles. The minimum Gasteiger partial charge on any atom is -0.493 e. The summed E-state index contributed by atoms with van der Waals surface area (Å²) in [5.41, 5.74) is 2.59. The van der Waals surface area contributed by atoms with Gasteiger partial charge >= 0.3 is 0 Å². The number of rotatable bonds is 1. The van der Waals surface area contributed by atoms with E-state index in [0.29, 0.717) is 0 Å². The molecule has 0 spiro atoms. The molecule has 2 aliphatic rings. The van der Waals surface area contributed by atoms with Crippen molar-refractivity contribution in [2.45, 2.75) is 32.1 Å². The van der Waals surface area contributed by atoms with Gasteiger partial charge in [-0.15, -0.1) is 0 Å². The van der Waals surface area contributed by atoms with Gasteiger partial charge in [-0.2, -0.15) is 0 Å². The molecule has 3 nitrogen and oxygen atoms in total. The lowest BCUT2D eigenvalue weighted by molar-refractivity contribution is 0.0528. The van der Waals surface area contributed by atoms with E-state index in [2.05, 4.69) is 23.5 Å². The maximum atomic E-state index is 5.79. The summed E-state index contributed by atoms with van der Waals surface area (Å²) in [5, 5.41) is 3.29. The molecule has 0 saturated carbocycles. The van der Waals surface area contributed by atoms with Gasteiger partial charge in [0.2, 0.25) is 0 Å². The SMILES string of the molecule is CC1NCC(c2ccc3c(c2)CCCO3)O1. The van der Waals surface area contributed by atoms with Gasteiger partial charge in [-0.1, -0.05) is 6.07 Å². The van der Waals surface area contributed by atoms with Crippen molar-refractivity contribution in [3.63, 3.8) is 0 Å². The second kappa shape index (κ2) is 4.07. The van der Waals surface area contributed by atoms with Gasteiger partial charge in [0.05, 0.1) is 12.7 Å². The zero-order valence-electron chi connectivity index (χ0n) is 9.53. The summed E-state index contributed by atoms with van der Waals surface area (Å²) >= 11 is 0. The Hall–Kier alpha value is -1.06. The van der Waals surface area contributed by atoms with Gasteiger partial charge in [-0.25, -0.2) is 0 Å². The monoisotopic (exact) mass is 219 g/mol. The predicted molar refractivity (Wildman–Crippen MR) is 61.5 cm³/mol. The first-order chi connectivity index (χ1) is 7.83. The van der Waals surface area contributed by atoms with Crippen LogP contribution in [-0.4, -0.2) is 19.4 Å². The Morgan fingerprint density at radius 2 is 2.31 bits per heavy atom. The zero-order valence-corrected chi connectivity index (χ0v) is 9.53. The van der Waals surface area contributed by atoms with Gasteiger partial charge < -0.3 is 9.47 Å². The summed E-state index contributed by atoms with van der Waals surface area (Å²) in [5.74, 6) is 1.05. The van der Waals surface area contributed by atoms with E-state index in [4.69, 9.17) is 9.47 Å². The molecule has 16 heavy (non-hydrogen) atoms. The molecular formula is C13H17NO2. The summed E-state index contributed by atoms with van der Waals surface area (Å²) in [7, 11) is 0. The van der Waals surface area contributed by atoms with Crippen LogP contribution in [0.25, 0.3) is 0 Å². The van der Waals surface area contributed by atoms with E-state index >= 15 is 0 Å². The third-order valence-electron chi connectivity index (χ3n) is 3.26. The lowest BCUT2D eigenvalue weighted by atomic mass is 10.0. The molecule has 0 amide bonds. The normalized spacial score (nSPS) is 28.6. The highest BCUT2D eigenvalue weighted by molar-refractivity contribution is 5.39. The van der Waals surface area contributed by atoms with Gasteiger partial charge in [0.1, 0.15) is 12.0 Å². The van der Waals surface area contributed by atoms with Crippen molar-refractivity contribution in [2.24, 2.45) is 0 Å². The number of ether oxygens (including phenoxy) is 2. The van der Waals surface area contributed by atoms with Gasteiger partial charge in [0.15, 0.2) is 0 Å². The fourth-order valence-corrected chi connectivity index (χ4v) is 2.39. The average molecular weight is 219 g/mol. The van der Waals surface area contributed by atoms with Gasteiger partial charge in [-0.3, -0.25) is 5.32 Å². The van der Waals surface area contributed by atoms with Crippen LogP contribution in [0.4, 0.5) is 0 Å². The molecule has 0 aliphatic carbocycles. The van der Waals surface area contributed by atoms with Crippen molar-refractivity contribution in [3.8, 4) is 5.75 Å². The molecule has 3 heteroatoms. The second-order valence-corrected chi connectivity index (χ2v) is 4.49. The molecule has 1 fully saturated rings. The van der Waals surface area contributed by atoms with Crippen LogP contribution in [0.2, 0.25) is 0 Å². The Morgan fingerprint density at radius 1 is 1.38 bits per heavy atom. The van der Waals surface area contributed by atoms with Crippen LogP contribution in [0.1, 0.15) is 30.6 Å². The number of benzene rings is 1. The van der Waals surface area contributed by atoms with Crippen LogP contribution >= 0.6 is 0 Å². The van der Waals surface area contributed by atoms with Crippen molar-refractivity contribution >= 4 is 0 Å². The summed E-state index contributed by atoms with van der Waals surface area (Å²) in [4.78, 5) is 0. The third kappa shape index (κ3) is 1.81. The molecule has 1 N–H and O–H groups in total. The molecule has 0 bridgehead atoms. The third-order valence-corrected chi connectivity index (χ3v) is 3.26. The first kappa shape index (κ1) is 10.1. The highest BCUT2D eigenvalue weighted by Crippen LogP contribution is 2.30. The zero-order chi connectivity index (χ0) is 11.0. The van der Waals surface area contributed by atoms with E-state index in [0.717, 1.165) is 31.7 Å². The molecular weight excluding hydrogens is 202 g/mol. The molecule has 3 rings (SSSR count). The Morgan fingerprint density at radius 3 is 3.12 bits per heavy atom. The predicted octanol–water partition coefficient (Wildman–Crippen LogP) is 2.02. The van der Waals surface area contributed by atoms with Gasteiger partial charge in [0.25, 0.3) is 0 Å². The summed E-state index contributed by atoms with van der Waals surface area (Å²) < 4.78 is 11.4. The molecule has 0 aromatic heterocycles. The van der Waals surface area contributed by atoms with Crippen LogP contribution in [0.5, 0.6) is 5.75 Å². The smallest absolute Gasteiger partial charge is 0.122 e. The molecule has 2 aliphatic heterocycles. The van der Waals surface area contributed by atoms with Crippen molar-refractivity contribution in [1.82, 2.24) is 5.32 Å². The van der Waals surface area contributed by atoms with Crippen LogP contribution in [-0.2, 0) is 11.2 Å². The van der Waals surface area contributed by atoms with E-state index < -0.39 is 0 Å². The lowest BCUT2D eigenvalue weighted by Gasteiger charge is -2.19. The quantitative estimate of drug-likeness (QED) is 0.784. The Balaban J connectivity index is 1.85. The van der Waals surface area contributed by atoms with Crippen molar-refractivity contribution in [3.05, 3.63) is 29.3 Å². The van der Waals surface area contributed by atoms with Crippen LogP contribution in [0, 0.1) is 0 Å². The van der Waals surface area contributed by atoms with Crippen LogP contribution < -0.4 is 10.1 Å². The van der Waals surface area contributed by atoms with E-state index in [1.165, 1.54) is 11.1 Å². The number of nitrogens with one attached hydrogen (secondary N) is 1. The first-order valence-corrected chi connectivity index (χ1v) is 5.97. The number of hydrogen-bond donors (Lipinski definition) is 1. The summed E-state index contributed by atoms with van der Waals surface area (Å²) in [6.07, 6.45) is 2.61. The second-order valence-electron chi connectivity index (χ2n) is 4.49. The Bertz CT molecular complexity index is 392. The molecule has 2 heterocycles. The van der Waals surface area contributed by atoms with Crippen LogP contribution in [0.15, 0.2) is 18.2 Å².